The number of halogens is 2. The predicted molar refractivity (Wildman–Crippen MR) is 93.4 cm³/mol. The molecule has 126 valence electrons. The van der Waals surface area contributed by atoms with Gasteiger partial charge in [0.15, 0.2) is 0 Å². The van der Waals surface area contributed by atoms with Crippen LogP contribution in [0, 0.1) is 5.41 Å². The van der Waals surface area contributed by atoms with Gasteiger partial charge in [0, 0.05) is 30.6 Å². The van der Waals surface area contributed by atoms with E-state index in [4.69, 9.17) is 27.9 Å². The Morgan fingerprint density at radius 2 is 2.13 bits per heavy atom. The number of amides is 2. The standard InChI is InChI=1S/C17H22Cl2N2O2/c1-23-15-4-2-7-17(15)8-3-9-21(11-17)16(22)20-14-6-5-12(18)10-13(14)19/h5-6,10,15H,2-4,7-9,11H2,1H3,(H,20,22)/t15-,17-/m1/s1. The van der Waals surface area contributed by atoms with Crippen molar-refractivity contribution in [3.63, 3.8) is 0 Å². The Bertz CT molecular complexity index is 596. The van der Waals surface area contributed by atoms with E-state index in [1.165, 1.54) is 6.42 Å². The van der Waals surface area contributed by atoms with Crippen molar-refractivity contribution >= 4 is 34.9 Å². The Hall–Kier alpha value is -0.970. The number of hydrogen-bond acceptors (Lipinski definition) is 2. The summed E-state index contributed by atoms with van der Waals surface area (Å²) >= 11 is 12.0. The number of nitrogens with zero attached hydrogens (tertiary/aromatic N) is 1. The molecule has 23 heavy (non-hydrogen) atoms. The molecule has 0 aromatic heterocycles. The number of carbonyl (C=O) groups is 1. The van der Waals surface area contributed by atoms with E-state index < -0.39 is 0 Å². The van der Waals surface area contributed by atoms with Crippen LogP contribution in [-0.4, -0.2) is 37.2 Å². The SMILES string of the molecule is CO[C@@H]1CCC[C@]12CCCN(C(=O)Nc1ccc(Cl)cc1Cl)C2. The van der Waals surface area contributed by atoms with Crippen LogP contribution in [0.4, 0.5) is 10.5 Å². The molecule has 1 saturated carbocycles. The molecule has 2 amide bonds. The summed E-state index contributed by atoms with van der Waals surface area (Å²) in [7, 11) is 1.78. The molecule has 0 unspecified atom stereocenters. The molecular formula is C17H22Cl2N2O2. The van der Waals surface area contributed by atoms with Crippen LogP contribution >= 0.6 is 23.2 Å². The maximum atomic E-state index is 12.6. The molecule has 2 fully saturated rings. The summed E-state index contributed by atoms with van der Waals surface area (Å²) in [6.45, 7) is 1.53. The first-order chi connectivity index (χ1) is 11.0. The van der Waals surface area contributed by atoms with Gasteiger partial charge in [0.2, 0.25) is 0 Å². The zero-order valence-electron chi connectivity index (χ0n) is 13.3. The topological polar surface area (TPSA) is 41.6 Å². The Kier molecular flexibility index (Phi) is 5.04. The third kappa shape index (κ3) is 3.44. The molecule has 3 rings (SSSR count). The Labute approximate surface area is 147 Å². The maximum absolute atomic E-state index is 12.6. The zero-order valence-corrected chi connectivity index (χ0v) is 14.8. The predicted octanol–water partition coefficient (Wildman–Crippen LogP) is 4.81. The number of piperidine rings is 1. The summed E-state index contributed by atoms with van der Waals surface area (Å²) in [6, 6.07) is 4.98. The lowest BCUT2D eigenvalue weighted by atomic mass is 9.76. The number of anilines is 1. The average molecular weight is 357 g/mol. The average Bonchev–Trinajstić information content (AvgIpc) is 2.92. The highest BCUT2D eigenvalue weighted by Gasteiger charge is 2.46. The summed E-state index contributed by atoms with van der Waals surface area (Å²) in [6.07, 6.45) is 5.82. The summed E-state index contributed by atoms with van der Waals surface area (Å²) in [5.41, 5.74) is 0.712. The molecule has 1 aliphatic carbocycles. The molecule has 2 atom stereocenters. The van der Waals surface area contributed by atoms with Gasteiger partial charge >= 0.3 is 6.03 Å². The molecule has 2 aliphatic rings. The van der Waals surface area contributed by atoms with Gasteiger partial charge in [-0.05, 0) is 43.9 Å². The van der Waals surface area contributed by atoms with Crippen molar-refractivity contribution in [2.75, 3.05) is 25.5 Å². The van der Waals surface area contributed by atoms with Gasteiger partial charge in [-0.25, -0.2) is 4.79 Å². The van der Waals surface area contributed by atoms with Crippen LogP contribution < -0.4 is 5.32 Å². The second-order valence-corrected chi connectivity index (χ2v) is 7.40. The monoisotopic (exact) mass is 356 g/mol. The van der Waals surface area contributed by atoms with E-state index >= 15 is 0 Å². The fraction of sp³-hybridized carbons (Fsp3) is 0.588. The van der Waals surface area contributed by atoms with Crippen LogP contribution in [-0.2, 0) is 4.74 Å². The lowest BCUT2D eigenvalue weighted by Crippen LogP contribution is -2.51. The van der Waals surface area contributed by atoms with Crippen LogP contribution in [0.15, 0.2) is 18.2 Å². The number of benzene rings is 1. The highest BCUT2D eigenvalue weighted by Crippen LogP contribution is 2.46. The molecule has 1 heterocycles. The van der Waals surface area contributed by atoms with Crippen molar-refractivity contribution in [2.45, 2.75) is 38.2 Å². The third-order valence-corrected chi connectivity index (χ3v) is 5.72. The normalized spacial score (nSPS) is 27.4. The molecule has 1 saturated heterocycles. The number of ether oxygens (including phenoxy) is 1. The first-order valence-corrected chi connectivity index (χ1v) is 8.83. The van der Waals surface area contributed by atoms with Crippen molar-refractivity contribution in [3.8, 4) is 0 Å². The minimum Gasteiger partial charge on any atom is -0.381 e. The Balaban J connectivity index is 1.70. The molecule has 1 N–H and O–H groups in total. The van der Waals surface area contributed by atoms with Crippen LogP contribution in [0.3, 0.4) is 0 Å². The largest absolute Gasteiger partial charge is 0.381 e. The van der Waals surface area contributed by atoms with E-state index in [1.54, 1.807) is 25.3 Å². The first kappa shape index (κ1) is 16.9. The zero-order chi connectivity index (χ0) is 16.4. The van der Waals surface area contributed by atoms with E-state index in [0.717, 1.165) is 38.8 Å². The van der Waals surface area contributed by atoms with Crippen molar-refractivity contribution in [1.82, 2.24) is 4.90 Å². The van der Waals surface area contributed by atoms with Crippen molar-refractivity contribution in [3.05, 3.63) is 28.2 Å². The number of hydrogen-bond donors (Lipinski definition) is 1. The van der Waals surface area contributed by atoms with Gasteiger partial charge in [0.1, 0.15) is 0 Å². The van der Waals surface area contributed by atoms with Gasteiger partial charge in [0.25, 0.3) is 0 Å². The summed E-state index contributed by atoms with van der Waals surface area (Å²) in [4.78, 5) is 14.5. The Morgan fingerprint density at radius 1 is 1.35 bits per heavy atom. The van der Waals surface area contributed by atoms with Gasteiger partial charge in [-0.15, -0.1) is 0 Å². The molecule has 0 bridgehead atoms. The number of nitrogens with one attached hydrogen (secondary N) is 1. The third-order valence-electron chi connectivity index (χ3n) is 5.18. The molecule has 4 nitrogen and oxygen atoms in total. The molecule has 1 aliphatic heterocycles. The highest BCUT2D eigenvalue weighted by molar-refractivity contribution is 6.36. The lowest BCUT2D eigenvalue weighted by molar-refractivity contribution is -0.0244. The van der Waals surface area contributed by atoms with E-state index in [2.05, 4.69) is 5.32 Å². The number of rotatable bonds is 2. The number of methoxy groups -OCH3 is 1. The minimum absolute atomic E-state index is 0.102. The second-order valence-electron chi connectivity index (χ2n) is 6.56. The fourth-order valence-electron chi connectivity index (χ4n) is 4.06. The van der Waals surface area contributed by atoms with Gasteiger partial charge in [0.05, 0.1) is 16.8 Å². The number of urea groups is 1. The van der Waals surface area contributed by atoms with Gasteiger partial charge in [-0.2, -0.15) is 0 Å². The van der Waals surface area contributed by atoms with Crippen LogP contribution in [0.5, 0.6) is 0 Å². The molecular weight excluding hydrogens is 335 g/mol. The molecule has 6 heteroatoms. The van der Waals surface area contributed by atoms with Crippen molar-refractivity contribution < 1.29 is 9.53 Å². The smallest absolute Gasteiger partial charge is 0.321 e. The van der Waals surface area contributed by atoms with Crippen LogP contribution in [0.1, 0.15) is 32.1 Å². The van der Waals surface area contributed by atoms with E-state index in [1.807, 2.05) is 4.90 Å². The van der Waals surface area contributed by atoms with E-state index in [9.17, 15) is 4.79 Å². The van der Waals surface area contributed by atoms with E-state index in [-0.39, 0.29) is 17.6 Å². The summed E-state index contributed by atoms with van der Waals surface area (Å²) in [5, 5.41) is 3.91. The summed E-state index contributed by atoms with van der Waals surface area (Å²) in [5.74, 6) is 0. The fourth-order valence-corrected chi connectivity index (χ4v) is 4.52. The highest BCUT2D eigenvalue weighted by atomic mass is 35.5. The van der Waals surface area contributed by atoms with Gasteiger partial charge in [-0.3, -0.25) is 0 Å². The lowest BCUT2D eigenvalue weighted by Gasteiger charge is -2.43. The van der Waals surface area contributed by atoms with Gasteiger partial charge < -0.3 is 15.0 Å². The molecule has 0 radical (unpaired) electrons. The van der Waals surface area contributed by atoms with Gasteiger partial charge in [-0.1, -0.05) is 29.6 Å². The molecule has 1 aromatic rings. The first-order valence-electron chi connectivity index (χ1n) is 8.08. The molecule has 1 aromatic carbocycles. The Morgan fingerprint density at radius 3 is 2.87 bits per heavy atom. The minimum atomic E-state index is -0.102. The van der Waals surface area contributed by atoms with Crippen molar-refractivity contribution in [2.24, 2.45) is 5.41 Å². The summed E-state index contributed by atoms with van der Waals surface area (Å²) < 4.78 is 5.69. The quantitative estimate of drug-likeness (QED) is 0.826. The van der Waals surface area contributed by atoms with Crippen molar-refractivity contribution in [1.29, 1.82) is 0 Å². The van der Waals surface area contributed by atoms with Crippen LogP contribution in [0.2, 0.25) is 10.0 Å². The second kappa shape index (κ2) is 6.88. The number of likely N-dealkylation sites (tertiary alicyclic amines) is 1. The van der Waals surface area contributed by atoms with Crippen LogP contribution in [0.25, 0.3) is 0 Å². The molecule has 1 spiro atoms. The maximum Gasteiger partial charge on any atom is 0.321 e. The van der Waals surface area contributed by atoms with E-state index in [0.29, 0.717) is 15.7 Å². The number of carbonyl (C=O) groups excluding carboxylic acids is 1.